The zero-order valence-electron chi connectivity index (χ0n) is 15.4. The largest absolute Gasteiger partial charge is 0.451 e. The molecule has 4 nitrogen and oxygen atoms in total. The van der Waals surface area contributed by atoms with Crippen LogP contribution in [0.1, 0.15) is 27.2 Å². The molecule has 146 valence electrons. The molecule has 0 bridgehead atoms. The van der Waals surface area contributed by atoms with E-state index < -0.39 is 17.6 Å². The van der Waals surface area contributed by atoms with Gasteiger partial charge in [0, 0.05) is 24.8 Å². The van der Waals surface area contributed by atoms with Gasteiger partial charge in [-0.3, -0.25) is 4.79 Å². The summed E-state index contributed by atoms with van der Waals surface area (Å²) in [6, 6.07) is 13.5. The Morgan fingerprint density at radius 2 is 1.86 bits per heavy atom. The Labute approximate surface area is 160 Å². The molecule has 0 fully saturated rings. The molecule has 2 aromatic carbocycles. The molecule has 0 spiro atoms. The van der Waals surface area contributed by atoms with Gasteiger partial charge in [0.25, 0.3) is 5.91 Å². The van der Waals surface area contributed by atoms with Gasteiger partial charge in [-0.1, -0.05) is 24.3 Å². The van der Waals surface area contributed by atoms with E-state index in [1.54, 1.807) is 0 Å². The summed E-state index contributed by atoms with van der Waals surface area (Å²) in [5.74, 6) is -0.199. The number of hydrogen-bond acceptors (Lipinski definition) is 3. The molecule has 0 aliphatic heterocycles. The molecular weight excluding hydrogens is 369 g/mol. The van der Waals surface area contributed by atoms with Crippen LogP contribution in [0.3, 0.4) is 0 Å². The van der Waals surface area contributed by atoms with Crippen LogP contribution in [0.15, 0.2) is 59.0 Å². The maximum atomic E-state index is 12.9. The van der Waals surface area contributed by atoms with Crippen LogP contribution in [0.4, 0.5) is 18.9 Å². The number of hydrogen-bond donors (Lipinski definition) is 2. The van der Waals surface area contributed by atoms with Gasteiger partial charge in [0.2, 0.25) is 0 Å². The molecule has 0 radical (unpaired) electrons. The van der Waals surface area contributed by atoms with Crippen LogP contribution in [0.5, 0.6) is 0 Å². The topological polar surface area (TPSA) is 54.3 Å². The first kappa shape index (κ1) is 19.5. The molecule has 0 unspecified atom stereocenters. The number of furan rings is 1. The molecule has 3 rings (SSSR count). The monoisotopic (exact) mass is 388 g/mol. The predicted octanol–water partition coefficient (Wildman–Crippen LogP) is 5.25. The third-order valence-corrected chi connectivity index (χ3v) is 4.32. The lowest BCUT2D eigenvalue weighted by Crippen LogP contribution is -2.22. The summed E-state index contributed by atoms with van der Waals surface area (Å²) in [4.78, 5) is 12.3. The highest BCUT2D eigenvalue weighted by atomic mass is 19.4. The normalized spacial score (nSPS) is 11.3. The van der Waals surface area contributed by atoms with Gasteiger partial charge < -0.3 is 15.1 Å². The fourth-order valence-electron chi connectivity index (χ4n) is 2.85. The highest BCUT2D eigenvalue weighted by Gasteiger charge is 2.30. The Morgan fingerprint density at radius 3 is 2.54 bits per heavy atom. The van der Waals surface area contributed by atoms with Crippen LogP contribution in [0, 0.1) is 6.92 Å². The molecular formula is C21H19F3N2O2. The maximum Gasteiger partial charge on any atom is 0.416 e. The van der Waals surface area contributed by atoms with Crippen LogP contribution < -0.4 is 10.6 Å². The van der Waals surface area contributed by atoms with Crippen molar-refractivity contribution in [3.05, 3.63) is 77.0 Å². The Morgan fingerprint density at radius 1 is 1.07 bits per heavy atom. The number of rotatable bonds is 5. The van der Waals surface area contributed by atoms with Gasteiger partial charge >= 0.3 is 6.18 Å². The fraction of sp³-hybridized carbons (Fsp3) is 0.190. The van der Waals surface area contributed by atoms with Crippen molar-refractivity contribution in [1.82, 2.24) is 5.32 Å². The van der Waals surface area contributed by atoms with E-state index in [9.17, 15) is 18.0 Å². The summed E-state index contributed by atoms with van der Waals surface area (Å²) >= 11 is 0. The summed E-state index contributed by atoms with van der Waals surface area (Å²) in [6.45, 7) is 2.27. The molecule has 28 heavy (non-hydrogen) atoms. The SMILES string of the molecule is CNc1ccc(CNC(=O)c2ccc(-c3cccc(C(F)(F)F)c3)o2)cc1C. The lowest BCUT2D eigenvalue weighted by Gasteiger charge is -2.09. The minimum Gasteiger partial charge on any atom is -0.451 e. The van der Waals surface area contributed by atoms with Crippen molar-refractivity contribution in [1.29, 1.82) is 0 Å². The molecule has 3 aromatic rings. The van der Waals surface area contributed by atoms with Crippen LogP contribution in [-0.2, 0) is 12.7 Å². The van der Waals surface area contributed by atoms with Crippen molar-refractivity contribution >= 4 is 11.6 Å². The van der Waals surface area contributed by atoms with Crippen molar-refractivity contribution in [3.8, 4) is 11.3 Å². The van der Waals surface area contributed by atoms with Crippen molar-refractivity contribution in [2.75, 3.05) is 12.4 Å². The zero-order valence-corrected chi connectivity index (χ0v) is 15.4. The molecule has 0 saturated carbocycles. The third kappa shape index (κ3) is 4.36. The summed E-state index contributed by atoms with van der Waals surface area (Å²) in [5, 5.41) is 5.82. The van der Waals surface area contributed by atoms with E-state index in [-0.39, 0.29) is 17.1 Å². The summed E-state index contributed by atoms with van der Waals surface area (Å²) < 4.78 is 44.0. The Hall–Kier alpha value is -3.22. The van der Waals surface area contributed by atoms with E-state index in [1.165, 1.54) is 24.3 Å². The number of benzene rings is 2. The second-order valence-electron chi connectivity index (χ2n) is 6.32. The van der Waals surface area contributed by atoms with Crippen LogP contribution in [0.2, 0.25) is 0 Å². The molecule has 1 aromatic heterocycles. The first-order valence-electron chi connectivity index (χ1n) is 8.61. The molecule has 7 heteroatoms. The highest BCUT2D eigenvalue weighted by molar-refractivity contribution is 5.92. The number of alkyl halides is 3. The van der Waals surface area contributed by atoms with Crippen LogP contribution >= 0.6 is 0 Å². The molecule has 2 N–H and O–H groups in total. The number of anilines is 1. The summed E-state index contributed by atoms with van der Waals surface area (Å²) in [7, 11) is 1.84. The molecule has 0 saturated heterocycles. The van der Waals surface area contributed by atoms with Gasteiger partial charge in [0.1, 0.15) is 5.76 Å². The van der Waals surface area contributed by atoms with Crippen molar-refractivity contribution < 1.29 is 22.4 Å². The summed E-state index contributed by atoms with van der Waals surface area (Å²) in [5.41, 5.74) is 2.47. The molecule has 0 atom stereocenters. The van der Waals surface area contributed by atoms with Gasteiger partial charge in [0.05, 0.1) is 5.56 Å². The minimum absolute atomic E-state index is 0.0379. The number of carbonyl (C=O) groups is 1. The summed E-state index contributed by atoms with van der Waals surface area (Å²) in [6.07, 6.45) is -4.44. The third-order valence-electron chi connectivity index (χ3n) is 4.32. The number of aryl methyl sites for hydroxylation is 1. The number of carbonyl (C=O) groups excluding carboxylic acids is 1. The van der Waals surface area contributed by atoms with Crippen molar-refractivity contribution in [2.24, 2.45) is 0 Å². The van der Waals surface area contributed by atoms with E-state index in [0.29, 0.717) is 6.54 Å². The standard InChI is InChI=1S/C21H19F3N2O2/c1-13-10-14(6-7-17(13)25-2)12-26-20(27)19-9-8-18(28-19)15-4-3-5-16(11-15)21(22,23)24/h3-11,25H,12H2,1-2H3,(H,26,27). The zero-order chi connectivity index (χ0) is 20.3. The van der Waals surface area contributed by atoms with E-state index in [2.05, 4.69) is 10.6 Å². The predicted molar refractivity (Wildman–Crippen MR) is 101 cm³/mol. The molecule has 0 aliphatic rings. The number of nitrogens with one attached hydrogen (secondary N) is 2. The second kappa shape index (κ2) is 7.80. The van der Waals surface area contributed by atoms with E-state index in [0.717, 1.165) is 28.9 Å². The lowest BCUT2D eigenvalue weighted by molar-refractivity contribution is -0.137. The smallest absolute Gasteiger partial charge is 0.416 e. The first-order chi connectivity index (χ1) is 13.3. The van der Waals surface area contributed by atoms with Gasteiger partial charge in [-0.2, -0.15) is 13.2 Å². The lowest BCUT2D eigenvalue weighted by atomic mass is 10.1. The van der Waals surface area contributed by atoms with Gasteiger partial charge in [-0.15, -0.1) is 0 Å². The molecule has 1 amide bonds. The van der Waals surface area contributed by atoms with Crippen molar-refractivity contribution in [3.63, 3.8) is 0 Å². The Bertz CT molecular complexity index is 993. The minimum atomic E-state index is -4.44. The molecule has 1 heterocycles. The number of amides is 1. The maximum absolute atomic E-state index is 12.9. The van der Waals surface area contributed by atoms with E-state index >= 15 is 0 Å². The fourth-order valence-corrected chi connectivity index (χ4v) is 2.85. The molecule has 0 aliphatic carbocycles. The Balaban J connectivity index is 1.70. The number of halogens is 3. The average molecular weight is 388 g/mol. The van der Waals surface area contributed by atoms with E-state index in [1.807, 2.05) is 32.2 Å². The van der Waals surface area contributed by atoms with E-state index in [4.69, 9.17) is 4.42 Å². The van der Waals surface area contributed by atoms with Crippen LogP contribution in [0.25, 0.3) is 11.3 Å². The first-order valence-corrected chi connectivity index (χ1v) is 8.61. The van der Waals surface area contributed by atoms with Gasteiger partial charge in [-0.05, 0) is 48.4 Å². The second-order valence-corrected chi connectivity index (χ2v) is 6.32. The highest BCUT2D eigenvalue weighted by Crippen LogP contribution is 2.32. The quantitative estimate of drug-likeness (QED) is 0.628. The Kier molecular flexibility index (Phi) is 5.44. The van der Waals surface area contributed by atoms with Crippen molar-refractivity contribution in [2.45, 2.75) is 19.6 Å². The van der Waals surface area contributed by atoms with Gasteiger partial charge in [0.15, 0.2) is 5.76 Å². The van der Waals surface area contributed by atoms with Crippen LogP contribution in [-0.4, -0.2) is 13.0 Å². The van der Waals surface area contributed by atoms with Gasteiger partial charge in [-0.25, -0.2) is 0 Å². The average Bonchev–Trinajstić information content (AvgIpc) is 3.16.